The van der Waals surface area contributed by atoms with Crippen molar-refractivity contribution in [1.82, 2.24) is 0 Å². The van der Waals surface area contributed by atoms with E-state index < -0.39 is 11.6 Å². The number of esters is 2. The molecule has 0 spiro atoms. The summed E-state index contributed by atoms with van der Waals surface area (Å²) in [6.45, 7) is 22.0. The van der Waals surface area contributed by atoms with Gasteiger partial charge in [-0.2, -0.15) is 0 Å². The quantitative estimate of drug-likeness (QED) is 0.238. The third kappa shape index (κ3) is 5.89. The monoisotopic (exact) mass is 366 g/mol. The molecule has 6 heteroatoms. The number of hydrogen-bond donors (Lipinski definition) is 0. The minimum atomic E-state index is -1.49. The first-order valence-corrected chi connectivity index (χ1v) is 8.53. The molecule has 0 unspecified atom stereocenters. The van der Waals surface area contributed by atoms with Crippen molar-refractivity contribution in [2.75, 3.05) is 13.2 Å². The van der Waals surface area contributed by atoms with Crippen LogP contribution in [0.3, 0.4) is 0 Å². The average Bonchev–Trinajstić information content (AvgIpc) is 2.65. The van der Waals surface area contributed by atoms with Gasteiger partial charge in [0.2, 0.25) is 0 Å². The number of carbonyl (C=O) groups is 2. The number of allylic oxidation sites excluding steroid dienone is 2. The summed E-state index contributed by atoms with van der Waals surface area (Å²) in [6.07, 6.45) is 4.27. The first-order chi connectivity index (χ1) is 12.9. The summed E-state index contributed by atoms with van der Waals surface area (Å²) >= 11 is 0. The number of hydrogen-bond acceptors (Lipinski definition) is 4. The van der Waals surface area contributed by atoms with Crippen molar-refractivity contribution in [3.05, 3.63) is 52.9 Å². The molecule has 1 rings (SSSR count). The second-order valence-electron chi connectivity index (χ2n) is 5.91. The van der Waals surface area contributed by atoms with Gasteiger partial charge in [-0.15, -0.1) is 5.73 Å². The molecule has 0 N–H and O–H groups in total. The first-order valence-electron chi connectivity index (χ1n) is 8.53. The van der Waals surface area contributed by atoms with E-state index in [1.54, 1.807) is 19.1 Å². The highest BCUT2D eigenvalue weighted by Gasteiger charge is 2.52. The lowest BCUT2D eigenvalue weighted by Crippen LogP contribution is -2.32. The van der Waals surface area contributed by atoms with E-state index in [4.69, 9.17) is 22.6 Å². The summed E-state index contributed by atoms with van der Waals surface area (Å²) in [4.78, 5) is 29.9. The Balaban J connectivity index is 3.11. The maximum Gasteiger partial charge on any atom is 0.517 e. The maximum atomic E-state index is 12.1. The molecule has 1 aliphatic rings. The van der Waals surface area contributed by atoms with Gasteiger partial charge in [0, 0.05) is 12.8 Å². The van der Waals surface area contributed by atoms with Crippen LogP contribution in [0.2, 0.25) is 0 Å². The zero-order chi connectivity index (χ0) is 20.3. The SMILES string of the molecule is [C-]#[N+]C(CC#CCOC(C)=O)([N+]#[C-])C1=CC[C@H](C(=O)OCC)C[C@H]1C=C=C. The fourth-order valence-corrected chi connectivity index (χ4v) is 2.87. The molecule has 6 nitrogen and oxygen atoms in total. The minimum Gasteiger partial charge on any atom is -0.466 e. The summed E-state index contributed by atoms with van der Waals surface area (Å²) in [5, 5.41) is 0. The molecular formula is C21H22N2O4. The van der Waals surface area contributed by atoms with Gasteiger partial charge in [-0.25, -0.2) is 22.8 Å². The largest absolute Gasteiger partial charge is 0.517 e. The highest BCUT2D eigenvalue weighted by molar-refractivity contribution is 5.73. The van der Waals surface area contributed by atoms with Gasteiger partial charge in [0.05, 0.1) is 12.5 Å². The molecule has 1 aliphatic carbocycles. The summed E-state index contributed by atoms with van der Waals surface area (Å²) in [5.74, 6) is 4.04. The van der Waals surface area contributed by atoms with E-state index in [1.165, 1.54) is 6.92 Å². The number of nitrogens with zero attached hydrogens (tertiary/aromatic N) is 2. The molecule has 140 valence electrons. The lowest BCUT2D eigenvalue weighted by atomic mass is 9.75. The van der Waals surface area contributed by atoms with Crippen LogP contribution in [0.4, 0.5) is 0 Å². The standard InChI is InChI=1S/C21H22N2O4/c1-6-10-17-15-18(20(25)26-7-2)11-12-19(17)21(22-4,23-5)13-8-9-14-27-16(3)24/h10,12,17-18H,1,7,11,13-15H2,2-3H3/t17-,18+/m1/s1. The van der Waals surface area contributed by atoms with Crippen molar-refractivity contribution < 1.29 is 19.1 Å². The zero-order valence-electron chi connectivity index (χ0n) is 15.6. The maximum absolute atomic E-state index is 12.1. The molecule has 0 aromatic carbocycles. The van der Waals surface area contributed by atoms with Crippen LogP contribution in [0.15, 0.2) is 30.0 Å². The molecule has 0 radical (unpaired) electrons. The Morgan fingerprint density at radius 1 is 1.37 bits per heavy atom. The Morgan fingerprint density at radius 3 is 2.63 bits per heavy atom. The number of carbonyl (C=O) groups excluding carboxylic acids is 2. The van der Waals surface area contributed by atoms with E-state index >= 15 is 0 Å². The number of rotatable bonds is 6. The van der Waals surface area contributed by atoms with Crippen LogP contribution >= 0.6 is 0 Å². The highest BCUT2D eigenvalue weighted by Crippen LogP contribution is 2.41. The van der Waals surface area contributed by atoms with Crippen LogP contribution in [0.25, 0.3) is 9.69 Å². The highest BCUT2D eigenvalue weighted by atomic mass is 16.5. The Hall–Kier alpha value is -3.26. The number of ether oxygens (including phenoxy) is 2. The Kier molecular flexibility index (Phi) is 8.61. The molecule has 0 fully saturated rings. The van der Waals surface area contributed by atoms with Crippen LogP contribution in [0.5, 0.6) is 0 Å². The van der Waals surface area contributed by atoms with Crippen molar-refractivity contribution in [2.24, 2.45) is 11.8 Å². The molecule has 0 heterocycles. The Morgan fingerprint density at radius 2 is 2.07 bits per heavy atom. The van der Waals surface area contributed by atoms with E-state index in [2.05, 4.69) is 33.8 Å². The van der Waals surface area contributed by atoms with Crippen molar-refractivity contribution in [3.8, 4) is 11.8 Å². The smallest absolute Gasteiger partial charge is 0.466 e. The van der Waals surface area contributed by atoms with E-state index in [0.29, 0.717) is 25.0 Å². The Bertz CT molecular complexity index is 781. The van der Waals surface area contributed by atoms with Crippen LogP contribution in [0.1, 0.15) is 33.1 Å². The molecule has 0 aromatic heterocycles. The topological polar surface area (TPSA) is 61.3 Å². The van der Waals surface area contributed by atoms with Gasteiger partial charge in [0.1, 0.15) is 5.57 Å². The zero-order valence-corrected chi connectivity index (χ0v) is 15.6. The fourth-order valence-electron chi connectivity index (χ4n) is 2.87. The summed E-state index contributed by atoms with van der Waals surface area (Å²) in [6, 6.07) is 0. The molecule has 0 bridgehead atoms. The predicted octanol–water partition coefficient (Wildman–Crippen LogP) is 3.33. The fraction of sp³-hybridized carbons (Fsp3) is 0.476. The van der Waals surface area contributed by atoms with E-state index in [9.17, 15) is 9.59 Å². The normalized spacial score (nSPS) is 18.3. The molecule has 0 amide bonds. The molecule has 0 aromatic rings. The van der Waals surface area contributed by atoms with Crippen molar-refractivity contribution in [3.63, 3.8) is 0 Å². The van der Waals surface area contributed by atoms with Crippen molar-refractivity contribution in [1.29, 1.82) is 0 Å². The summed E-state index contributed by atoms with van der Waals surface area (Å²) in [5.41, 5.74) is 1.82. The van der Waals surface area contributed by atoms with Crippen molar-refractivity contribution in [2.45, 2.75) is 38.8 Å². The van der Waals surface area contributed by atoms with E-state index in [1.807, 2.05) is 0 Å². The summed E-state index contributed by atoms with van der Waals surface area (Å²) < 4.78 is 9.82. The Labute approximate surface area is 160 Å². The van der Waals surface area contributed by atoms with Crippen LogP contribution in [-0.2, 0) is 19.1 Å². The average molecular weight is 366 g/mol. The van der Waals surface area contributed by atoms with Gasteiger partial charge >= 0.3 is 17.6 Å². The molecule has 0 saturated heterocycles. The van der Waals surface area contributed by atoms with Gasteiger partial charge in [0.25, 0.3) is 0 Å². The second-order valence-corrected chi connectivity index (χ2v) is 5.91. The molecule has 0 aliphatic heterocycles. The van der Waals surface area contributed by atoms with E-state index in [-0.39, 0.29) is 30.8 Å². The molecule has 27 heavy (non-hydrogen) atoms. The summed E-state index contributed by atoms with van der Waals surface area (Å²) in [7, 11) is 0. The van der Waals surface area contributed by atoms with Crippen LogP contribution in [-0.4, -0.2) is 30.8 Å². The third-order valence-electron chi connectivity index (χ3n) is 4.14. The van der Waals surface area contributed by atoms with Gasteiger partial charge in [-0.05, 0) is 25.8 Å². The second kappa shape index (κ2) is 10.7. The molecule has 0 saturated carbocycles. The van der Waals surface area contributed by atoms with Crippen molar-refractivity contribution >= 4 is 11.9 Å². The van der Waals surface area contributed by atoms with Crippen LogP contribution < -0.4 is 0 Å². The van der Waals surface area contributed by atoms with Gasteiger partial charge < -0.3 is 9.47 Å². The van der Waals surface area contributed by atoms with Gasteiger partial charge in [0.15, 0.2) is 13.0 Å². The third-order valence-corrected chi connectivity index (χ3v) is 4.14. The van der Waals surface area contributed by atoms with Crippen LogP contribution in [0, 0.1) is 36.8 Å². The van der Waals surface area contributed by atoms with Gasteiger partial charge in [-0.3, -0.25) is 9.59 Å². The molecule has 2 atom stereocenters. The minimum absolute atomic E-state index is 0.0152. The van der Waals surface area contributed by atoms with Gasteiger partial charge in [-0.1, -0.05) is 24.5 Å². The molecular weight excluding hydrogens is 344 g/mol. The lowest BCUT2D eigenvalue weighted by molar-refractivity contribution is -0.148. The van der Waals surface area contributed by atoms with E-state index in [0.717, 1.165) is 0 Å². The lowest BCUT2D eigenvalue weighted by Gasteiger charge is -2.26. The predicted molar refractivity (Wildman–Crippen MR) is 99.6 cm³/mol. The first kappa shape index (κ1) is 21.8.